The van der Waals surface area contributed by atoms with Crippen molar-refractivity contribution in [1.29, 1.82) is 0 Å². The van der Waals surface area contributed by atoms with Gasteiger partial charge in [0.2, 0.25) is 23.6 Å². The molecule has 33 heavy (non-hydrogen) atoms. The zero-order valence-electron chi connectivity index (χ0n) is 19.8. The van der Waals surface area contributed by atoms with E-state index in [9.17, 15) is 24.0 Å². The predicted molar refractivity (Wildman–Crippen MR) is 122 cm³/mol. The first-order chi connectivity index (χ1) is 15.4. The van der Waals surface area contributed by atoms with E-state index >= 15 is 0 Å². The van der Waals surface area contributed by atoms with Gasteiger partial charge in [0.1, 0.15) is 18.1 Å². The number of carbonyl (C=O) groups is 5. The van der Waals surface area contributed by atoms with Crippen molar-refractivity contribution in [3.05, 3.63) is 35.9 Å². The van der Waals surface area contributed by atoms with Crippen LogP contribution in [0.25, 0.3) is 0 Å². The number of hydrogen-bond donors (Lipinski definition) is 4. The number of carboxylic acid groups (broad SMARTS) is 1. The summed E-state index contributed by atoms with van der Waals surface area (Å²) in [6, 6.07) is 6.45. The lowest BCUT2D eigenvalue weighted by molar-refractivity contribution is -0.142. The molecule has 0 radical (unpaired) electrons. The Hall–Kier alpha value is -3.43. The maximum atomic E-state index is 12.9. The molecule has 0 spiro atoms. The van der Waals surface area contributed by atoms with Crippen LogP contribution in [0.1, 0.15) is 46.1 Å². The van der Waals surface area contributed by atoms with Crippen molar-refractivity contribution in [3.8, 4) is 0 Å². The van der Waals surface area contributed by atoms with Crippen LogP contribution in [0.4, 0.5) is 0 Å². The zero-order chi connectivity index (χ0) is 25.1. The molecule has 0 unspecified atom stereocenters. The highest BCUT2D eigenvalue weighted by Gasteiger charge is 2.30. The molecule has 0 aliphatic carbocycles. The van der Waals surface area contributed by atoms with Crippen LogP contribution < -0.4 is 16.0 Å². The highest BCUT2D eigenvalue weighted by atomic mass is 16.4. The van der Waals surface area contributed by atoms with E-state index in [0.29, 0.717) is 0 Å². The van der Waals surface area contributed by atoms with Gasteiger partial charge in [-0.2, -0.15) is 0 Å². The zero-order valence-corrected chi connectivity index (χ0v) is 19.8. The monoisotopic (exact) mass is 462 g/mol. The molecular formula is C23H34N4O6. The Morgan fingerprint density at radius 2 is 1.48 bits per heavy atom. The van der Waals surface area contributed by atoms with E-state index in [1.54, 1.807) is 0 Å². The van der Waals surface area contributed by atoms with Gasteiger partial charge in [0.05, 0.1) is 6.42 Å². The van der Waals surface area contributed by atoms with Crippen LogP contribution in [0.3, 0.4) is 0 Å². The normalized spacial score (nSPS) is 13.4. The third-order valence-corrected chi connectivity index (χ3v) is 4.97. The van der Waals surface area contributed by atoms with Crippen LogP contribution in [0.5, 0.6) is 0 Å². The van der Waals surface area contributed by atoms with Crippen LogP contribution in [0, 0.1) is 0 Å². The number of aliphatic carboxylic acids is 1. The summed E-state index contributed by atoms with van der Waals surface area (Å²) in [6.07, 6.45) is -0.312. The van der Waals surface area contributed by atoms with Gasteiger partial charge in [-0.25, -0.2) is 0 Å². The molecule has 0 aliphatic rings. The van der Waals surface area contributed by atoms with E-state index < -0.39 is 41.8 Å². The molecule has 3 atom stereocenters. The summed E-state index contributed by atoms with van der Waals surface area (Å²) in [4.78, 5) is 61.7. The number of nitrogens with one attached hydrogen (secondary N) is 3. The molecular weight excluding hydrogens is 428 g/mol. The van der Waals surface area contributed by atoms with E-state index in [4.69, 9.17) is 5.11 Å². The summed E-state index contributed by atoms with van der Waals surface area (Å²) in [6.45, 7) is 6.61. The van der Waals surface area contributed by atoms with E-state index in [1.807, 2.05) is 44.2 Å². The number of nitrogens with zero attached hydrogens (tertiary/aromatic N) is 1. The first kappa shape index (κ1) is 27.6. The minimum Gasteiger partial charge on any atom is -0.481 e. The number of rotatable bonds is 12. The van der Waals surface area contributed by atoms with Gasteiger partial charge >= 0.3 is 5.97 Å². The summed E-state index contributed by atoms with van der Waals surface area (Å²) in [5, 5.41) is 16.6. The van der Waals surface area contributed by atoms with Gasteiger partial charge in [-0.15, -0.1) is 0 Å². The number of amides is 4. The van der Waals surface area contributed by atoms with Crippen molar-refractivity contribution in [3.63, 3.8) is 0 Å². The van der Waals surface area contributed by atoms with Crippen LogP contribution in [-0.2, 0) is 30.4 Å². The molecule has 0 fully saturated rings. The maximum Gasteiger partial charge on any atom is 0.303 e. The molecule has 0 heterocycles. The van der Waals surface area contributed by atoms with Crippen LogP contribution in [0.2, 0.25) is 0 Å². The minimum atomic E-state index is -1.11. The standard InChI is InChI=1S/C23H34N4O6/c1-14(2)24-22(32)18(13-17-9-7-6-8-10-17)26-21(31)16(4)27(5)23(33)15(3)25-19(28)11-12-20(29)30/h6-10,14-16,18H,11-13H2,1-5H3,(H,24,32)(H,25,28)(H,26,31)(H,29,30)/t15-,16-,18-/m0/s1. The molecule has 182 valence electrons. The Morgan fingerprint density at radius 1 is 0.879 bits per heavy atom. The topological polar surface area (TPSA) is 145 Å². The van der Waals surface area contributed by atoms with E-state index in [1.165, 1.54) is 25.8 Å². The summed E-state index contributed by atoms with van der Waals surface area (Å²) in [7, 11) is 1.42. The molecule has 4 N–H and O–H groups in total. The SMILES string of the molecule is CC(C)NC(=O)[C@H](Cc1ccccc1)NC(=O)[C@H](C)N(C)C(=O)[C@H](C)NC(=O)CCC(=O)O. The second-order valence-corrected chi connectivity index (χ2v) is 8.22. The molecule has 1 aromatic carbocycles. The average Bonchev–Trinajstić information content (AvgIpc) is 2.75. The van der Waals surface area contributed by atoms with E-state index in [-0.39, 0.29) is 31.2 Å². The van der Waals surface area contributed by atoms with Crippen molar-refractivity contribution < 1.29 is 29.1 Å². The van der Waals surface area contributed by atoms with E-state index in [0.717, 1.165) is 5.56 Å². The highest BCUT2D eigenvalue weighted by molar-refractivity contribution is 5.94. The lowest BCUT2D eigenvalue weighted by Gasteiger charge is -2.29. The number of carboxylic acids is 1. The summed E-state index contributed by atoms with van der Waals surface area (Å²) >= 11 is 0. The highest BCUT2D eigenvalue weighted by Crippen LogP contribution is 2.07. The Labute approximate surface area is 194 Å². The van der Waals surface area contributed by atoms with Crippen molar-refractivity contribution in [2.75, 3.05) is 7.05 Å². The molecule has 0 aromatic heterocycles. The van der Waals surface area contributed by atoms with Gasteiger partial charge in [0, 0.05) is 25.9 Å². The number of benzene rings is 1. The summed E-state index contributed by atoms with van der Waals surface area (Å²) in [5.74, 6) is -3.06. The lowest BCUT2D eigenvalue weighted by Crippen LogP contribution is -2.56. The fraction of sp³-hybridized carbons (Fsp3) is 0.522. The quantitative estimate of drug-likeness (QED) is 0.355. The molecule has 1 rings (SSSR count). The number of likely N-dealkylation sites (N-methyl/N-ethyl adjacent to an activating group) is 1. The second-order valence-electron chi connectivity index (χ2n) is 8.22. The van der Waals surface area contributed by atoms with Crippen LogP contribution in [0.15, 0.2) is 30.3 Å². The van der Waals surface area contributed by atoms with Gasteiger partial charge in [0.25, 0.3) is 0 Å². The largest absolute Gasteiger partial charge is 0.481 e. The Morgan fingerprint density at radius 3 is 2.03 bits per heavy atom. The van der Waals surface area contributed by atoms with Crippen LogP contribution >= 0.6 is 0 Å². The average molecular weight is 463 g/mol. The van der Waals surface area contributed by atoms with Gasteiger partial charge in [-0.1, -0.05) is 30.3 Å². The fourth-order valence-electron chi connectivity index (χ4n) is 3.00. The van der Waals surface area contributed by atoms with Crippen molar-refractivity contribution in [1.82, 2.24) is 20.9 Å². The van der Waals surface area contributed by atoms with Crippen molar-refractivity contribution in [2.45, 2.75) is 71.1 Å². The van der Waals surface area contributed by atoms with Crippen molar-refractivity contribution >= 4 is 29.6 Å². The van der Waals surface area contributed by atoms with Crippen LogP contribution in [-0.4, -0.2) is 70.8 Å². The minimum absolute atomic E-state index is 0.111. The molecule has 0 saturated heterocycles. The predicted octanol–water partition coefficient (Wildman–Crippen LogP) is 0.455. The van der Waals surface area contributed by atoms with Crippen molar-refractivity contribution in [2.24, 2.45) is 0 Å². The lowest BCUT2D eigenvalue weighted by atomic mass is 10.0. The fourth-order valence-corrected chi connectivity index (χ4v) is 3.00. The molecule has 10 heteroatoms. The molecule has 10 nitrogen and oxygen atoms in total. The van der Waals surface area contributed by atoms with Gasteiger partial charge in [-0.3, -0.25) is 24.0 Å². The first-order valence-electron chi connectivity index (χ1n) is 10.8. The third kappa shape index (κ3) is 9.71. The molecule has 1 aromatic rings. The summed E-state index contributed by atoms with van der Waals surface area (Å²) < 4.78 is 0. The third-order valence-electron chi connectivity index (χ3n) is 4.97. The maximum absolute atomic E-state index is 12.9. The van der Waals surface area contributed by atoms with Gasteiger partial charge in [-0.05, 0) is 33.3 Å². The van der Waals surface area contributed by atoms with Gasteiger partial charge < -0.3 is 26.0 Å². The molecule has 0 aliphatic heterocycles. The molecule has 4 amide bonds. The molecule has 0 saturated carbocycles. The second kappa shape index (κ2) is 13.2. The van der Waals surface area contributed by atoms with E-state index in [2.05, 4.69) is 16.0 Å². The first-order valence-corrected chi connectivity index (χ1v) is 10.8. The Balaban J connectivity index is 2.80. The Bertz CT molecular complexity index is 843. The number of hydrogen-bond acceptors (Lipinski definition) is 5. The smallest absolute Gasteiger partial charge is 0.303 e. The number of carbonyl (C=O) groups excluding carboxylic acids is 4. The Kier molecular flexibility index (Phi) is 11.0. The van der Waals surface area contributed by atoms with Gasteiger partial charge in [0.15, 0.2) is 0 Å². The summed E-state index contributed by atoms with van der Waals surface area (Å²) in [5.41, 5.74) is 0.872. The molecule has 0 bridgehead atoms.